The summed E-state index contributed by atoms with van der Waals surface area (Å²) in [4.78, 5) is 8.30. The SMILES string of the molecule is CC.CSO.Nc1ncnc2c1ccn2C1CCC(C(O)c2ccc(Cl)cc2)O1. The van der Waals surface area contributed by atoms with Crippen LogP contribution in [0.25, 0.3) is 11.0 Å². The van der Waals surface area contributed by atoms with Crippen molar-refractivity contribution in [1.82, 2.24) is 14.5 Å². The van der Waals surface area contributed by atoms with Crippen molar-refractivity contribution in [3.8, 4) is 0 Å². The third-order valence-corrected chi connectivity index (χ3v) is 4.70. The van der Waals surface area contributed by atoms with Crippen molar-refractivity contribution in [2.45, 2.75) is 45.1 Å². The number of nitrogen functional groups attached to an aromatic ring is 1. The molecule has 0 aliphatic carbocycles. The normalized spacial score (nSPS) is 19.1. The zero-order valence-electron chi connectivity index (χ0n) is 16.7. The van der Waals surface area contributed by atoms with E-state index in [4.69, 9.17) is 26.6 Å². The number of aliphatic hydroxyl groups excluding tert-OH is 1. The molecular formula is C20H27ClN4O3S. The molecule has 1 fully saturated rings. The number of aromatic nitrogens is 3. The zero-order valence-corrected chi connectivity index (χ0v) is 18.3. The number of rotatable bonds is 3. The second-order valence-corrected chi connectivity index (χ2v) is 6.91. The molecule has 3 unspecified atom stereocenters. The summed E-state index contributed by atoms with van der Waals surface area (Å²) in [5, 5.41) is 12.0. The maximum atomic E-state index is 10.6. The summed E-state index contributed by atoms with van der Waals surface area (Å²) in [6.45, 7) is 4.00. The number of nitrogens with zero attached hydrogens (tertiary/aromatic N) is 3. The van der Waals surface area contributed by atoms with Gasteiger partial charge in [0.05, 0.1) is 11.5 Å². The lowest BCUT2D eigenvalue weighted by Crippen LogP contribution is -2.19. The molecule has 3 aromatic rings. The summed E-state index contributed by atoms with van der Waals surface area (Å²) in [6.07, 6.45) is 5.36. The lowest BCUT2D eigenvalue weighted by Gasteiger charge is -2.20. The molecule has 0 saturated carbocycles. The van der Waals surface area contributed by atoms with Crippen LogP contribution in [0.1, 0.15) is 44.6 Å². The van der Waals surface area contributed by atoms with Gasteiger partial charge in [0, 0.05) is 17.5 Å². The topological polar surface area (TPSA) is 106 Å². The second kappa shape index (κ2) is 11.4. The molecule has 158 valence electrons. The monoisotopic (exact) mass is 438 g/mol. The molecule has 29 heavy (non-hydrogen) atoms. The van der Waals surface area contributed by atoms with E-state index in [9.17, 15) is 5.11 Å². The highest BCUT2D eigenvalue weighted by Gasteiger charge is 2.33. The molecule has 4 N–H and O–H groups in total. The standard InChI is InChI=1S/C17H17ClN4O2.C2H6.CH4OS/c18-11-3-1-10(2-4-11)15(23)13-5-6-14(24-13)22-8-7-12-16(19)20-9-21-17(12)22;1-2;1-3-2/h1-4,7-9,13-15,23H,5-6H2,(H2,19,20,21);1-2H3;2H,1H3. The molecule has 4 rings (SSSR count). The Morgan fingerprint density at radius 1 is 1.21 bits per heavy atom. The van der Waals surface area contributed by atoms with Gasteiger partial charge in [0.15, 0.2) is 0 Å². The van der Waals surface area contributed by atoms with E-state index in [2.05, 4.69) is 9.97 Å². The first-order valence-corrected chi connectivity index (χ1v) is 10.9. The first-order chi connectivity index (χ1) is 14.0. The number of halogens is 1. The number of nitrogens with two attached hydrogens (primary N) is 1. The minimum atomic E-state index is -0.686. The maximum Gasteiger partial charge on any atom is 0.147 e. The predicted octanol–water partition coefficient (Wildman–Crippen LogP) is 4.93. The van der Waals surface area contributed by atoms with Gasteiger partial charge in [-0.1, -0.05) is 37.6 Å². The van der Waals surface area contributed by atoms with E-state index < -0.39 is 6.10 Å². The van der Waals surface area contributed by atoms with E-state index in [1.807, 2.05) is 42.8 Å². The highest BCUT2D eigenvalue weighted by Crippen LogP contribution is 2.37. The number of benzene rings is 1. The summed E-state index contributed by atoms with van der Waals surface area (Å²) >= 11 is 6.65. The van der Waals surface area contributed by atoms with Gasteiger partial charge >= 0.3 is 0 Å². The van der Waals surface area contributed by atoms with E-state index >= 15 is 0 Å². The van der Waals surface area contributed by atoms with Gasteiger partial charge in [-0.05, 0) is 48.6 Å². The van der Waals surface area contributed by atoms with Gasteiger partial charge < -0.3 is 24.7 Å². The Labute approximate surface area is 180 Å². The van der Waals surface area contributed by atoms with E-state index in [0.717, 1.165) is 41.5 Å². The Morgan fingerprint density at radius 2 is 1.86 bits per heavy atom. The average Bonchev–Trinajstić information content (AvgIpc) is 3.38. The van der Waals surface area contributed by atoms with Crippen LogP contribution >= 0.6 is 23.6 Å². The van der Waals surface area contributed by atoms with E-state index in [1.54, 1.807) is 18.4 Å². The van der Waals surface area contributed by atoms with Crippen LogP contribution in [0.4, 0.5) is 5.82 Å². The number of fused-ring (bicyclic) bond motifs is 1. The smallest absolute Gasteiger partial charge is 0.147 e. The third-order valence-electron chi connectivity index (χ3n) is 4.44. The number of anilines is 1. The Bertz CT molecular complexity index is 891. The lowest BCUT2D eigenvalue weighted by molar-refractivity contribution is -0.0590. The quantitative estimate of drug-likeness (QED) is 0.498. The van der Waals surface area contributed by atoms with Crippen molar-refractivity contribution in [3.05, 3.63) is 53.4 Å². The fraction of sp³-hybridized carbons (Fsp3) is 0.400. The van der Waals surface area contributed by atoms with Crippen LogP contribution in [0.2, 0.25) is 5.02 Å². The maximum absolute atomic E-state index is 10.6. The summed E-state index contributed by atoms with van der Waals surface area (Å²) in [5.41, 5.74) is 7.42. The molecule has 1 aromatic carbocycles. The van der Waals surface area contributed by atoms with Gasteiger partial charge in [-0.3, -0.25) is 0 Å². The Morgan fingerprint density at radius 3 is 2.52 bits per heavy atom. The van der Waals surface area contributed by atoms with Gasteiger partial charge in [-0.25, -0.2) is 9.97 Å². The van der Waals surface area contributed by atoms with Crippen LogP contribution in [-0.2, 0) is 4.74 Å². The van der Waals surface area contributed by atoms with Crippen molar-refractivity contribution in [2.75, 3.05) is 12.0 Å². The van der Waals surface area contributed by atoms with E-state index in [-0.39, 0.29) is 12.3 Å². The van der Waals surface area contributed by atoms with Crippen molar-refractivity contribution < 1.29 is 14.4 Å². The molecule has 1 aliphatic rings. The largest absolute Gasteiger partial charge is 0.386 e. The van der Waals surface area contributed by atoms with Gasteiger partial charge in [0.25, 0.3) is 0 Å². The minimum absolute atomic E-state index is 0.177. The van der Waals surface area contributed by atoms with Gasteiger partial charge in [0.1, 0.15) is 30.1 Å². The van der Waals surface area contributed by atoms with Crippen molar-refractivity contribution in [3.63, 3.8) is 0 Å². The Balaban J connectivity index is 0.000000551. The first kappa shape index (κ1) is 23.4. The van der Waals surface area contributed by atoms with Crippen LogP contribution in [0.5, 0.6) is 0 Å². The number of hydrogen-bond donors (Lipinski definition) is 3. The summed E-state index contributed by atoms with van der Waals surface area (Å²) in [6, 6.07) is 9.07. The summed E-state index contributed by atoms with van der Waals surface area (Å²) in [5.74, 6) is 0.453. The first-order valence-electron chi connectivity index (χ1n) is 9.38. The molecule has 1 saturated heterocycles. The Kier molecular flexibility index (Phi) is 9.19. The van der Waals surface area contributed by atoms with E-state index in [1.165, 1.54) is 6.33 Å². The molecule has 3 atom stereocenters. The number of aliphatic hydroxyl groups is 1. The van der Waals surface area contributed by atoms with Gasteiger partial charge in [0.2, 0.25) is 0 Å². The molecular weight excluding hydrogens is 412 g/mol. The van der Waals surface area contributed by atoms with Crippen molar-refractivity contribution >= 4 is 40.5 Å². The fourth-order valence-corrected chi connectivity index (χ4v) is 3.31. The average molecular weight is 439 g/mol. The second-order valence-electron chi connectivity index (χ2n) is 6.10. The lowest BCUT2D eigenvalue weighted by atomic mass is 10.0. The van der Waals surface area contributed by atoms with Crippen LogP contribution in [0, 0.1) is 0 Å². The molecule has 0 radical (unpaired) electrons. The Hall–Kier alpha value is -1.84. The molecule has 7 nitrogen and oxygen atoms in total. The highest BCUT2D eigenvalue weighted by molar-refractivity contribution is 7.93. The third kappa shape index (κ3) is 5.61. The van der Waals surface area contributed by atoms with Gasteiger partial charge in [-0.15, -0.1) is 0 Å². The van der Waals surface area contributed by atoms with Crippen LogP contribution in [0.15, 0.2) is 42.9 Å². The van der Waals surface area contributed by atoms with Gasteiger partial charge in [-0.2, -0.15) is 0 Å². The molecule has 0 amide bonds. The summed E-state index contributed by atoms with van der Waals surface area (Å²) < 4.78 is 15.5. The predicted molar refractivity (Wildman–Crippen MR) is 119 cm³/mol. The van der Waals surface area contributed by atoms with Crippen LogP contribution in [-0.4, -0.2) is 36.6 Å². The highest BCUT2D eigenvalue weighted by atomic mass is 35.5. The minimum Gasteiger partial charge on any atom is -0.386 e. The molecule has 3 heterocycles. The number of ether oxygens (including phenoxy) is 1. The summed E-state index contributed by atoms with van der Waals surface area (Å²) in [7, 11) is 0. The molecule has 2 aromatic heterocycles. The number of hydrogen-bond acceptors (Lipinski definition) is 7. The van der Waals surface area contributed by atoms with E-state index in [0.29, 0.717) is 10.8 Å². The van der Waals surface area contributed by atoms with Crippen molar-refractivity contribution in [1.29, 1.82) is 0 Å². The fourth-order valence-electron chi connectivity index (χ4n) is 3.18. The van der Waals surface area contributed by atoms with Crippen LogP contribution < -0.4 is 5.73 Å². The van der Waals surface area contributed by atoms with Crippen LogP contribution in [0.3, 0.4) is 0 Å². The molecule has 0 bridgehead atoms. The zero-order chi connectivity index (χ0) is 21.4. The molecule has 9 heteroatoms. The molecule has 0 spiro atoms. The van der Waals surface area contributed by atoms with Crippen molar-refractivity contribution in [2.24, 2.45) is 0 Å². The molecule has 1 aliphatic heterocycles.